The van der Waals surface area contributed by atoms with Crippen LogP contribution >= 0.6 is 7.82 Å². The van der Waals surface area contributed by atoms with Gasteiger partial charge in [0.2, 0.25) is 0 Å². The number of likely N-dealkylation sites (N-methyl/N-ethyl adjacent to an activating group) is 1. The van der Waals surface area contributed by atoms with Crippen LogP contribution in [0.3, 0.4) is 0 Å². The first-order chi connectivity index (χ1) is 26.0. The summed E-state index contributed by atoms with van der Waals surface area (Å²) < 4.78 is 34.3. The van der Waals surface area contributed by atoms with Crippen LogP contribution in [0.15, 0.2) is 0 Å². The predicted octanol–water partition coefficient (Wildman–Crippen LogP) is 11.3. The Morgan fingerprint density at radius 3 is 1.37 bits per heavy atom. The van der Waals surface area contributed by atoms with Crippen LogP contribution in [-0.4, -0.2) is 74.9 Å². The van der Waals surface area contributed by atoms with Gasteiger partial charge in [-0.15, -0.1) is 23.7 Å². The average molecular weight is 783 g/mol. The van der Waals surface area contributed by atoms with Crippen LogP contribution in [-0.2, 0) is 32.7 Å². The fraction of sp³-hybridized carbons (Fsp3) is 0.864. The van der Waals surface area contributed by atoms with Crippen LogP contribution in [0.1, 0.15) is 194 Å². The number of rotatable bonds is 36. The van der Waals surface area contributed by atoms with E-state index in [0.29, 0.717) is 17.4 Å². The Hall–Kier alpha value is -1.87. The second-order valence-corrected chi connectivity index (χ2v) is 17.1. The number of carbonyl (C=O) groups excluding carboxylic acids is 2. The van der Waals surface area contributed by atoms with Gasteiger partial charge >= 0.3 is 19.8 Å². The molecule has 0 bridgehead atoms. The Morgan fingerprint density at radius 2 is 0.944 bits per heavy atom. The lowest BCUT2D eigenvalue weighted by atomic mass is 10.1. The van der Waals surface area contributed by atoms with Gasteiger partial charge in [0.05, 0.1) is 27.7 Å². The first-order valence-corrected chi connectivity index (χ1v) is 23.2. The highest BCUT2D eigenvalue weighted by Crippen LogP contribution is 2.43. The van der Waals surface area contributed by atoms with Crippen LogP contribution in [0.25, 0.3) is 0 Å². The van der Waals surface area contributed by atoms with Crippen molar-refractivity contribution in [1.82, 2.24) is 0 Å². The normalized spacial score (nSPS) is 12.9. The Labute approximate surface area is 332 Å². The van der Waals surface area contributed by atoms with E-state index in [1.54, 1.807) is 0 Å². The molecule has 0 aliphatic rings. The fourth-order valence-electron chi connectivity index (χ4n) is 5.66. The van der Waals surface area contributed by atoms with E-state index < -0.39 is 26.5 Å². The van der Waals surface area contributed by atoms with Crippen LogP contribution in [0.2, 0.25) is 0 Å². The van der Waals surface area contributed by atoms with Crippen molar-refractivity contribution in [3.05, 3.63) is 0 Å². The lowest BCUT2D eigenvalue weighted by molar-refractivity contribution is -0.870. The Kier molecular flexibility index (Phi) is 35.5. The number of quaternary nitrogens is 1. The minimum atomic E-state index is -4.38. The standard InChI is InChI=1S/C44H80NO8P/c1-6-8-10-12-14-16-18-20-22-24-26-28-30-32-34-36-43(46)50-40-42(41-52-54(48,49)51-39-38-45(3,4)5)53-44(47)37-35-33-31-29-27-25-23-21-19-17-15-13-11-9-7-2/h42H,6-9,14-41H2,1-5H3/p+1/t42-/m1/s1. The van der Waals surface area contributed by atoms with Gasteiger partial charge in [-0.05, 0) is 38.5 Å². The van der Waals surface area contributed by atoms with Crippen molar-refractivity contribution in [2.75, 3.05) is 47.5 Å². The summed E-state index contributed by atoms with van der Waals surface area (Å²) in [4.78, 5) is 35.3. The first kappa shape index (κ1) is 52.1. The highest BCUT2D eigenvalue weighted by Gasteiger charge is 2.27. The van der Waals surface area contributed by atoms with E-state index >= 15 is 0 Å². The van der Waals surface area contributed by atoms with Crippen LogP contribution in [0.4, 0.5) is 0 Å². The van der Waals surface area contributed by atoms with Crippen molar-refractivity contribution >= 4 is 19.8 Å². The number of hydrogen-bond donors (Lipinski definition) is 1. The van der Waals surface area contributed by atoms with Crippen LogP contribution in [0.5, 0.6) is 0 Å². The van der Waals surface area contributed by atoms with Gasteiger partial charge in [-0.3, -0.25) is 18.6 Å². The molecule has 0 spiro atoms. The molecule has 0 rings (SSSR count). The Balaban J connectivity index is 4.34. The topological polar surface area (TPSA) is 108 Å². The summed E-state index contributed by atoms with van der Waals surface area (Å²) >= 11 is 0. The maximum Gasteiger partial charge on any atom is 0.472 e. The van der Waals surface area contributed by atoms with E-state index in [-0.39, 0.29) is 32.0 Å². The summed E-state index contributed by atoms with van der Waals surface area (Å²) in [6.07, 6.45) is 28.6. The van der Waals surface area contributed by atoms with E-state index in [9.17, 15) is 19.0 Å². The zero-order valence-corrected chi connectivity index (χ0v) is 36.3. The molecule has 0 amide bonds. The summed E-state index contributed by atoms with van der Waals surface area (Å²) in [5.74, 6) is 12.1. The van der Waals surface area contributed by atoms with Gasteiger partial charge < -0.3 is 18.9 Å². The largest absolute Gasteiger partial charge is 0.472 e. The molecular weight excluding hydrogens is 701 g/mol. The van der Waals surface area contributed by atoms with Gasteiger partial charge in [0.15, 0.2) is 6.10 Å². The second-order valence-electron chi connectivity index (χ2n) is 15.7. The molecule has 10 heteroatoms. The number of nitrogens with zero attached hydrogens (tertiary/aromatic N) is 1. The molecule has 0 radical (unpaired) electrons. The number of phosphoric ester groups is 1. The molecular formula is C44H81NO8P+. The summed E-state index contributed by atoms with van der Waals surface area (Å²) in [5, 5.41) is 0. The molecule has 1 unspecified atom stereocenters. The van der Waals surface area contributed by atoms with Gasteiger partial charge in [0.1, 0.15) is 19.8 Å². The molecule has 0 saturated heterocycles. The molecule has 0 aromatic carbocycles. The predicted molar refractivity (Wildman–Crippen MR) is 222 cm³/mol. The molecule has 0 saturated carbocycles. The molecule has 0 aromatic rings. The minimum absolute atomic E-state index is 0.0286. The maximum absolute atomic E-state index is 12.7. The monoisotopic (exact) mass is 783 g/mol. The Bertz CT molecular complexity index is 1080. The number of phosphoric acid groups is 1. The van der Waals surface area contributed by atoms with Gasteiger partial charge in [-0.25, -0.2) is 4.57 Å². The van der Waals surface area contributed by atoms with Crippen molar-refractivity contribution in [2.45, 2.75) is 200 Å². The summed E-state index contributed by atoms with van der Waals surface area (Å²) in [5.41, 5.74) is 0. The van der Waals surface area contributed by atoms with E-state index in [0.717, 1.165) is 77.0 Å². The highest BCUT2D eigenvalue weighted by molar-refractivity contribution is 7.47. The van der Waals surface area contributed by atoms with Gasteiger partial charge in [0.25, 0.3) is 0 Å². The third-order valence-electron chi connectivity index (χ3n) is 9.03. The van der Waals surface area contributed by atoms with Crippen molar-refractivity contribution in [1.29, 1.82) is 0 Å². The first-order valence-electron chi connectivity index (χ1n) is 21.7. The molecule has 54 heavy (non-hydrogen) atoms. The zero-order valence-electron chi connectivity index (χ0n) is 35.4. The van der Waals surface area contributed by atoms with Gasteiger partial charge in [-0.1, -0.05) is 117 Å². The number of carbonyl (C=O) groups is 2. The number of ether oxygens (including phenoxy) is 2. The number of hydrogen-bond acceptors (Lipinski definition) is 7. The molecule has 0 heterocycles. The summed E-state index contributed by atoms with van der Waals surface area (Å²) in [6.45, 7) is 4.21. The number of esters is 2. The lowest BCUT2D eigenvalue weighted by Gasteiger charge is -2.24. The zero-order chi connectivity index (χ0) is 40.0. The highest BCUT2D eigenvalue weighted by atomic mass is 31.2. The SMILES string of the molecule is CCCC#CCCCCCCCCCCCCC(=O)OC[C@H](COP(=O)(O)OCC[N+](C)(C)C)OC(=O)CCCCCCCCCCCCC#CCCC. The smallest absolute Gasteiger partial charge is 0.462 e. The van der Waals surface area contributed by atoms with Gasteiger partial charge in [0, 0.05) is 38.5 Å². The third-order valence-corrected chi connectivity index (χ3v) is 10.0. The molecule has 314 valence electrons. The molecule has 0 aliphatic carbocycles. The van der Waals surface area contributed by atoms with E-state index in [4.69, 9.17) is 18.5 Å². The second kappa shape index (κ2) is 36.7. The summed E-state index contributed by atoms with van der Waals surface area (Å²) in [6, 6.07) is 0. The van der Waals surface area contributed by atoms with Crippen LogP contribution in [0, 0.1) is 23.7 Å². The summed E-state index contributed by atoms with van der Waals surface area (Å²) in [7, 11) is 1.46. The third kappa shape index (κ3) is 39.8. The average Bonchev–Trinajstić information content (AvgIpc) is 3.12. The van der Waals surface area contributed by atoms with E-state index in [2.05, 4.69) is 37.5 Å². The molecule has 0 aliphatic heterocycles. The fourth-order valence-corrected chi connectivity index (χ4v) is 6.40. The van der Waals surface area contributed by atoms with Crippen LogP contribution < -0.4 is 0 Å². The molecule has 0 fully saturated rings. The maximum atomic E-state index is 12.7. The molecule has 0 aromatic heterocycles. The molecule has 2 atom stereocenters. The van der Waals surface area contributed by atoms with E-state index in [1.807, 2.05) is 21.1 Å². The van der Waals surface area contributed by atoms with Crippen molar-refractivity contribution in [2.24, 2.45) is 0 Å². The number of unbranched alkanes of at least 4 members (excludes halogenated alkanes) is 22. The van der Waals surface area contributed by atoms with Crippen molar-refractivity contribution < 1.29 is 42.1 Å². The Morgan fingerprint density at radius 1 is 0.556 bits per heavy atom. The molecule has 9 nitrogen and oxygen atoms in total. The minimum Gasteiger partial charge on any atom is -0.462 e. The van der Waals surface area contributed by atoms with E-state index in [1.165, 1.54) is 83.5 Å². The quantitative estimate of drug-likeness (QED) is 0.0220. The van der Waals surface area contributed by atoms with Gasteiger partial charge in [-0.2, -0.15) is 0 Å². The van der Waals surface area contributed by atoms with Crippen molar-refractivity contribution in [3.8, 4) is 23.7 Å². The van der Waals surface area contributed by atoms with Crippen molar-refractivity contribution in [3.63, 3.8) is 0 Å². The molecule has 1 N–H and O–H groups in total. The lowest BCUT2D eigenvalue weighted by Crippen LogP contribution is -2.37.